The molecule has 8 heteroatoms. The maximum atomic E-state index is 13.4. The number of hydrogen-bond donors (Lipinski definition) is 0. The van der Waals surface area contributed by atoms with Gasteiger partial charge in [-0.25, -0.2) is 17.9 Å². The van der Waals surface area contributed by atoms with E-state index < -0.39 is 9.84 Å². The summed E-state index contributed by atoms with van der Waals surface area (Å²) in [4.78, 5) is 7.24. The lowest BCUT2D eigenvalue weighted by Gasteiger charge is -2.18. The number of thioether (sulfide) groups is 1. The molecule has 29 heavy (non-hydrogen) atoms. The zero-order chi connectivity index (χ0) is 21.2. The van der Waals surface area contributed by atoms with Crippen molar-refractivity contribution in [3.63, 3.8) is 0 Å². The van der Waals surface area contributed by atoms with Crippen LogP contribution in [-0.2, 0) is 16.4 Å². The number of aromatic nitrogens is 3. The number of rotatable bonds is 8. The first-order valence-corrected chi connectivity index (χ1v) is 12.4. The van der Waals surface area contributed by atoms with E-state index in [1.54, 1.807) is 34.8 Å². The van der Waals surface area contributed by atoms with Crippen molar-refractivity contribution >= 4 is 27.2 Å². The average molecular weight is 433 g/mol. The highest BCUT2D eigenvalue weighted by Crippen LogP contribution is 2.32. The Morgan fingerprint density at radius 2 is 1.90 bits per heavy atom. The fourth-order valence-electron chi connectivity index (χ4n) is 3.21. The average Bonchev–Trinajstić information content (AvgIpc) is 3.06. The smallest absolute Gasteiger partial charge is 0.213 e. The largest absolute Gasteiger partial charge is 0.301 e. The molecule has 0 aliphatic rings. The number of sulfone groups is 1. The van der Waals surface area contributed by atoms with Gasteiger partial charge >= 0.3 is 0 Å². The highest BCUT2D eigenvalue weighted by Gasteiger charge is 2.29. The summed E-state index contributed by atoms with van der Waals surface area (Å²) >= 11 is 1.33. The normalized spacial score (nSPS) is 12.4. The highest BCUT2D eigenvalue weighted by molar-refractivity contribution is 7.99. The van der Waals surface area contributed by atoms with E-state index in [1.165, 1.54) is 11.8 Å². The standard InChI is InChI=1S/C21H28N4O2S2/c1-15(2)11-12-24(4)14-17-13-16(3)22-20-19(21(28-5)23-25(17)20)29(26,27)18-9-7-6-8-10-18/h6-10,13,15H,11-12,14H2,1-5H3. The molecule has 0 radical (unpaired) electrons. The van der Waals surface area contributed by atoms with E-state index in [0.29, 0.717) is 23.1 Å². The van der Waals surface area contributed by atoms with Crippen LogP contribution in [0.3, 0.4) is 0 Å². The first-order chi connectivity index (χ1) is 13.7. The molecule has 0 bridgehead atoms. The van der Waals surface area contributed by atoms with Crippen LogP contribution in [-0.4, -0.2) is 47.8 Å². The van der Waals surface area contributed by atoms with Crippen LogP contribution in [0.25, 0.3) is 5.65 Å². The molecule has 2 heterocycles. The van der Waals surface area contributed by atoms with Gasteiger partial charge in [-0.05, 0) is 57.3 Å². The molecule has 0 spiro atoms. The molecule has 1 aromatic carbocycles. The number of fused-ring (bicyclic) bond motifs is 1. The van der Waals surface area contributed by atoms with Gasteiger partial charge in [-0.1, -0.05) is 32.0 Å². The van der Waals surface area contributed by atoms with Crippen molar-refractivity contribution in [1.82, 2.24) is 19.5 Å². The Hall–Kier alpha value is -1.90. The summed E-state index contributed by atoms with van der Waals surface area (Å²) < 4.78 is 28.5. The van der Waals surface area contributed by atoms with Crippen molar-refractivity contribution in [1.29, 1.82) is 0 Å². The highest BCUT2D eigenvalue weighted by atomic mass is 32.2. The zero-order valence-electron chi connectivity index (χ0n) is 17.6. The number of benzene rings is 1. The number of aryl methyl sites for hydroxylation is 1. The Morgan fingerprint density at radius 3 is 2.52 bits per heavy atom. The number of nitrogens with zero attached hydrogens (tertiary/aromatic N) is 4. The molecule has 156 valence electrons. The van der Waals surface area contributed by atoms with Crippen LogP contribution in [0.1, 0.15) is 31.7 Å². The summed E-state index contributed by atoms with van der Waals surface area (Å²) in [6.07, 6.45) is 2.94. The molecule has 0 atom stereocenters. The summed E-state index contributed by atoms with van der Waals surface area (Å²) in [5.74, 6) is 0.632. The van der Waals surface area contributed by atoms with Gasteiger partial charge in [-0.2, -0.15) is 5.10 Å². The first-order valence-electron chi connectivity index (χ1n) is 9.66. The second-order valence-electron chi connectivity index (χ2n) is 7.70. The minimum atomic E-state index is -3.73. The minimum absolute atomic E-state index is 0.186. The van der Waals surface area contributed by atoms with Crippen LogP contribution < -0.4 is 0 Å². The third-order valence-electron chi connectivity index (χ3n) is 4.75. The Kier molecular flexibility index (Phi) is 6.65. The van der Waals surface area contributed by atoms with E-state index in [9.17, 15) is 8.42 Å². The molecule has 3 aromatic rings. The second-order valence-corrected chi connectivity index (χ2v) is 10.4. The summed E-state index contributed by atoms with van der Waals surface area (Å²) in [6, 6.07) is 10.5. The third-order valence-corrected chi connectivity index (χ3v) is 7.36. The van der Waals surface area contributed by atoms with Gasteiger partial charge < -0.3 is 4.90 Å². The lowest BCUT2D eigenvalue weighted by molar-refractivity contribution is 0.297. The Labute approximate surface area is 177 Å². The fourth-order valence-corrected chi connectivity index (χ4v) is 5.62. The van der Waals surface area contributed by atoms with Gasteiger partial charge in [-0.15, -0.1) is 11.8 Å². The van der Waals surface area contributed by atoms with Gasteiger partial charge in [0.1, 0.15) is 5.03 Å². The monoisotopic (exact) mass is 432 g/mol. The van der Waals surface area contributed by atoms with Gasteiger partial charge in [0.15, 0.2) is 10.5 Å². The molecule has 0 aliphatic carbocycles. The topological polar surface area (TPSA) is 67.6 Å². The second kappa shape index (κ2) is 8.85. The molecule has 2 aromatic heterocycles. The maximum Gasteiger partial charge on any atom is 0.213 e. The van der Waals surface area contributed by atoms with E-state index in [1.807, 2.05) is 19.2 Å². The summed E-state index contributed by atoms with van der Waals surface area (Å²) in [5.41, 5.74) is 2.11. The van der Waals surface area contributed by atoms with Crippen molar-refractivity contribution in [3.05, 3.63) is 47.8 Å². The van der Waals surface area contributed by atoms with E-state index >= 15 is 0 Å². The van der Waals surface area contributed by atoms with Crippen molar-refractivity contribution in [3.8, 4) is 0 Å². The van der Waals surface area contributed by atoms with Gasteiger partial charge in [0.25, 0.3) is 0 Å². The SMILES string of the molecule is CSc1nn2c(CN(C)CCC(C)C)cc(C)nc2c1S(=O)(=O)c1ccccc1. The molecule has 0 saturated heterocycles. The van der Waals surface area contributed by atoms with Crippen molar-refractivity contribution in [2.24, 2.45) is 5.92 Å². The van der Waals surface area contributed by atoms with E-state index in [-0.39, 0.29) is 9.79 Å². The quantitative estimate of drug-likeness (QED) is 0.500. The van der Waals surface area contributed by atoms with Gasteiger partial charge in [0.2, 0.25) is 9.84 Å². The molecular weight excluding hydrogens is 404 g/mol. The van der Waals surface area contributed by atoms with Crippen LogP contribution in [0, 0.1) is 12.8 Å². The van der Waals surface area contributed by atoms with Crippen LogP contribution in [0.15, 0.2) is 51.2 Å². The maximum absolute atomic E-state index is 13.4. The lowest BCUT2D eigenvalue weighted by Crippen LogP contribution is -2.22. The third kappa shape index (κ3) is 4.65. The summed E-state index contributed by atoms with van der Waals surface area (Å²) in [7, 11) is -1.65. The molecule has 0 aliphatic heterocycles. The van der Waals surface area contributed by atoms with Crippen molar-refractivity contribution in [2.45, 2.75) is 48.6 Å². The van der Waals surface area contributed by atoms with E-state index in [0.717, 1.165) is 24.4 Å². The van der Waals surface area contributed by atoms with E-state index in [2.05, 4.69) is 35.9 Å². The van der Waals surface area contributed by atoms with Crippen molar-refractivity contribution < 1.29 is 8.42 Å². The fraction of sp³-hybridized carbons (Fsp3) is 0.429. The molecule has 0 unspecified atom stereocenters. The lowest BCUT2D eigenvalue weighted by atomic mass is 10.1. The van der Waals surface area contributed by atoms with Crippen LogP contribution >= 0.6 is 11.8 Å². The Bertz CT molecular complexity index is 1090. The Balaban J connectivity index is 2.12. The molecule has 0 fully saturated rings. The number of hydrogen-bond acceptors (Lipinski definition) is 6. The van der Waals surface area contributed by atoms with Gasteiger partial charge in [-0.3, -0.25) is 0 Å². The van der Waals surface area contributed by atoms with Gasteiger partial charge in [0.05, 0.1) is 10.6 Å². The van der Waals surface area contributed by atoms with E-state index in [4.69, 9.17) is 0 Å². The molecule has 3 rings (SSSR count). The molecule has 0 amide bonds. The molecule has 0 N–H and O–H groups in total. The molecule has 0 saturated carbocycles. The van der Waals surface area contributed by atoms with Crippen molar-refractivity contribution in [2.75, 3.05) is 19.8 Å². The van der Waals surface area contributed by atoms with Crippen LogP contribution in [0.5, 0.6) is 0 Å². The molecular formula is C21H28N4O2S2. The molecule has 6 nitrogen and oxygen atoms in total. The summed E-state index contributed by atoms with van der Waals surface area (Å²) in [5, 5.41) is 5.09. The predicted molar refractivity (Wildman–Crippen MR) is 117 cm³/mol. The van der Waals surface area contributed by atoms with Gasteiger partial charge in [0, 0.05) is 12.2 Å². The first kappa shape index (κ1) is 21.8. The van der Waals surface area contributed by atoms with Crippen LogP contribution in [0.4, 0.5) is 0 Å². The van der Waals surface area contributed by atoms with Crippen LogP contribution in [0.2, 0.25) is 0 Å². The summed E-state index contributed by atoms with van der Waals surface area (Å²) in [6.45, 7) is 7.95. The zero-order valence-corrected chi connectivity index (χ0v) is 19.2. The Morgan fingerprint density at radius 1 is 1.21 bits per heavy atom. The predicted octanol–water partition coefficient (Wildman–Crippen LogP) is 4.07. The minimum Gasteiger partial charge on any atom is -0.301 e.